The van der Waals surface area contributed by atoms with Crippen LogP contribution < -0.4 is 4.74 Å². The van der Waals surface area contributed by atoms with Crippen LogP contribution in [0.1, 0.15) is 23.7 Å². The molecule has 2 aromatic carbocycles. The molecule has 0 saturated carbocycles. The number of carbonyl (C=O) groups excluding carboxylic acids is 1. The molecule has 0 fully saturated rings. The van der Waals surface area contributed by atoms with E-state index in [1.165, 1.54) is 0 Å². The van der Waals surface area contributed by atoms with Crippen LogP contribution in [0.25, 0.3) is 0 Å². The largest absolute Gasteiger partial charge is 0.482 e. The smallest absolute Gasteiger partial charge is 0.142 e. The summed E-state index contributed by atoms with van der Waals surface area (Å²) in [6.07, 6.45) is 3.83. The van der Waals surface area contributed by atoms with Gasteiger partial charge in [-0.1, -0.05) is 49.0 Å². The number of carbonyl (C=O) groups is 1. The minimum absolute atomic E-state index is 0.169. The lowest BCUT2D eigenvalue weighted by Gasteiger charge is -2.16. The molecule has 2 heteroatoms. The molecule has 2 nitrogen and oxygen atoms in total. The highest BCUT2D eigenvalue weighted by molar-refractivity contribution is 5.50. The van der Waals surface area contributed by atoms with Gasteiger partial charge in [0.05, 0.1) is 0 Å². The monoisotopic (exact) mass is 266 g/mol. The van der Waals surface area contributed by atoms with Crippen molar-refractivity contribution in [2.75, 3.05) is 0 Å². The van der Waals surface area contributed by atoms with E-state index >= 15 is 0 Å². The molecule has 1 atom stereocenters. The van der Waals surface area contributed by atoms with Crippen LogP contribution in [0.15, 0.2) is 67.3 Å². The Kier molecular flexibility index (Phi) is 5.13. The van der Waals surface area contributed by atoms with E-state index in [-0.39, 0.29) is 6.10 Å². The molecule has 0 saturated heterocycles. The number of hydrogen-bond donors (Lipinski definition) is 0. The fourth-order valence-electron chi connectivity index (χ4n) is 2.04. The first-order chi connectivity index (χ1) is 9.83. The van der Waals surface area contributed by atoms with E-state index in [1.807, 2.05) is 54.6 Å². The quantitative estimate of drug-likeness (QED) is 0.556. The van der Waals surface area contributed by atoms with Gasteiger partial charge in [0.2, 0.25) is 0 Å². The molecule has 2 aromatic rings. The Bertz CT molecular complexity index is 561. The Balaban J connectivity index is 2.11. The SMILES string of the molecule is C=CC(Oc1cccc(CCC=O)c1)c1ccccc1. The molecule has 0 aromatic heterocycles. The van der Waals surface area contributed by atoms with Gasteiger partial charge in [0.25, 0.3) is 0 Å². The van der Waals surface area contributed by atoms with E-state index in [4.69, 9.17) is 4.74 Å². The summed E-state index contributed by atoms with van der Waals surface area (Å²) in [5.74, 6) is 0.794. The second-order valence-corrected chi connectivity index (χ2v) is 4.54. The summed E-state index contributed by atoms with van der Waals surface area (Å²) in [7, 11) is 0. The summed E-state index contributed by atoms with van der Waals surface area (Å²) in [4.78, 5) is 10.4. The lowest BCUT2D eigenvalue weighted by Crippen LogP contribution is -2.04. The Labute approximate surface area is 119 Å². The minimum atomic E-state index is -0.169. The van der Waals surface area contributed by atoms with Gasteiger partial charge in [0.15, 0.2) is 0 Å². The third kappa shape index (κ3) is 3.82. The molecule has 0 aliphatic rings. The molecule has 1 unspecified atom stereocenters. The molecular weight excluding hydrogens is 248 g/mol. The van der Waals surface area contributed by atoms with E-state index in [1.54, 1.807) is 6.08 Å². The zero-order valence-corrected chi connectivity index (χ0v) is 11.4. The van der Waals surface area contributed by atoms with E-state index in [0.717, 1.165) is 29.6 Å². The third-order valence-corrected chi connectivity index (χ3v) is 3.05. The van der Waals surface area contributed by atoms with Gasteiger partial charge in [-0.05, 0) is 35.8 Å². The molecule has 2 rings (SSSR count). The summed E-state index contributed by atoms with van der Waals surface area (Å²) >= 11 is 0. The van der Waals surface area contributed by atoms with Crippen molar-refractivity contribution in [3.8, 4) is 5.75 Å². The average Bonchev–Trinajstić information content (AvgIpc) is 2.52. The Hall–Kier alpha value is -2.35. The van der Waals surface area contributed by atoms with Crippen LogP contribution in [-0.2, 0) is 11.2 Å². The molecule has 102 valence electrons. The highest BCUT2D eigenvalue weighted by Crippen LogP contribution is 2.23. The maximum atomic E-state index is 10.4. The van der Waals surface area contributed by atoms with Gasteiger partial charge < -0.3 is 9.53 Å². The second kappa shape index (κ2) is 7.29. The van der Waals surface area contributed by atoms with Crippen LogP contribution in [-0.4, -0.2) is 6.29 Å². The van der Waals surface area contributed by atoms with Gasteiger partial charge >= 0.3 is 0 Å². The first kappa shape index (κ1) is 14.1. The van der Waals surface area contributed by atoms with E-state index in [9.17, 15) is 4.79 Å². The van der Waals surface area contributed by atoms with Crippen molar-refractivity contribution in [1.29, 1.82) is 0 Å². The molecule has 0 radical (unpaired) electrons. The van der Waals surface area contributed by atoms with Crippen LogP contribution >= 0.6 is 0 Å². The van der Waals surface area contributed by atoms with Gasteiger partial charge in [-0.2, -0.15) is 0 Å². The zero-order valence-electron chi connectivity index (χ0n) is 11.4. The number of ether oxygens (including phenoxy) is 1. The molecular formula is C18H18O2. The van der Waals surface area contributed by atoms with Crippen molar-refractivity contribution >= 4 is 6.29 Å². The highest BCUT2D eigenvalue weighted by Gasteiger charge is 2.08. The van der Waals surface area contributed by atoms with Crippen LogP contribution in [0.5, 0.6) is 5.75 Å². The lowest BCUT2D eigenvalue weighted by atomic mass is 10.1. The molecule has 0 heterocycles. The zero-order chi connectivity index (χ0) is 14.2. The number of rotatable bonds is 7. The molecule has 0 N–H and O–H groups in total. The van der Waals surface area contributed by atoms with Crippen LogP contribution in [0.2, 0.25) is 0 Å². The number of benzene rings is 2. The number of aryl methyl sites for hydroxylation is 1. The van der Waals surface area contributed by atoms with Crippen molar-refractivity contribution in [3.05, 3.63) is 78.4 Å². The summed E-state index contributed by atoms with van der Waals surface area (Å²) in [6, 6.07) is 17.8. The molecule has 0 aliphatic heterocycles. The molecule has 0 spiro atoms. The predicted molar refractivity (Wildman–Crippen MR) is 80.8 cm³/mol. The first-order valence-corrected chi connectivity index (χ1v) is 6.70. The van der Waals surface area contributed by atoms with Gasteiger partial charge in [-0.15, -0.1) is 0 Å². The topological polar surface area (TPSA) is 26.3 Å². The van der Waals surface area contributed by atoms with Gasteiger partial charge in [-0.3, -0.25) is 0 Å². The fraction of sp³-hybridized carbons (Fsp3) is 0.167. The highest BCUT2D eigenvalue weighted by atomic mass is 16.5. The molecule has 0 bridgehead atoms. The summed E-state index contributed by atoms with van der Waals surface area (Å²) in [6.45, 7) is 3.83. The van der Waals surface area contributed by atoms with Crippen molar-refractivity contribution in [2.45, 2.75) is 18.9 Å². The first-order valence-electron chi connectivity index (χ1n) is 6.70. The Morgan fingerprint density at radius 1 is 1.10 bits per heavy atom. The van der Waals surface area contributed by atoms with Crippen LogP contribution in [0.3, 0.4) is 0 Å². The molecule has 0 aliphatic carbocycles. The van der Waals surface area contributed by atoms with Crippen molar-refractivity contribution in [3.63, 3.8) is 0 Å². The van der Waals surface area contributed by atoms with E-state index in [0.29, 0.717) is 6.42 Å². The van der Waals surface area contributed by atoms with Gasteiger partial charge in [0.1, 0.15) is 18.1 Å². The standard InChI is InChI=1S/C18H18O2/c1-2-18(16-10-4-3-5-11-16)20-17-12-6-8-15(14-17)9-7-13-19/h2-6,8,10-14,18H,1,7,9H2. The van der Waals surface area contributed by atoms with Gasteiger partial charge in [-0.25, -0.2) is 0 Å². The second-order valence-electron chi connectivity index (χ2n) is 4.54. The Morgan fingerprint density at radius 2 is 1.90 bits per heavy atom. The normalized spacial score (nSPS) is 11.6. The Morgan fingerprint density at radius 3 is 2.60 bits per heavy atom. The average molecular weight is 266 g/mol. The van der Waals surface area contributed by atoms with Crippen LogP contribution in [0.4, 0.5) is 0 Å². The molecule has 0 amide bonds. The molecule has 20 heavy (non-hydrogen) atoms. The van der Waals surface area contributed by atoms with Crippen molar-refractivity contribution < 1.29 is 9.53 Å². The van der Waals surface area contributed by atoms with Gasteiger partial charge in [0, 0.05) is 6.42 Å². The summed E-state index contributed by atoms with van der Waals surface area (Å²) < 4.78 is 5.96. The predicted octanol–water partition coefficient (Wildman–Crippen LogP) is 4.12. The third-order valence-electron chi connectivity index (χ3n) is 3.05. The maximum Gasteiger partial charge on any atom is 0.142 e. The summed E-state index contributed by atoms with van der Waals surface area (Å²) in [5, 5.41) is 0. The number of aldehydes is 1. The minimum Gasteiger partial charge on any atom is -0.482 e. The van der Waals surface area contributed by atoms with Crippen LogP contribution in [0, 0.1) is 0 Å². The van der Waals surface area contributed by atoms with E-state index in [2.05, 4.69) is 6.58 Å². The maximum absolute atomic E-state index is 10.4. The lowest BCUT2D eigenvalue weighted by molar-refractivity contribution is -0.107. The fourth-order valence-corrected chi connectivity index (χ4v) is 2.04. The van der Waals surface area contributed by atoms with Crippen molar-refractivity contribution in [1.82, 2.24) is 0 Å². The summed E-state index contributed by atoms with van der Waals surface area (Å²) in [5.41, 5.74) is 2.17. The van der Waals surface area contributed by atoms with E-state index < -0.39 is 0 Å². The number of hydrogen-bond acceptors (Lipinski definition) is 2. The van der Waals surface area contributed by atoms with Crippen molar-refractivity contribution in [2.24, 2.45) is 0 Å².